The lowest BCUT2D eigenvalue weighted by molar-refractivity contribution is -0.384. The standard InChI is InChI=1S/C31H30N6O3/c1-20-32-18-28(33-20)22-9-11-24(12-10-22)34-30(23-7-5-21(6-8-23)19-36-15-3-2-4-16-36)29-26-17-25(37(39)40)13-14-27(26)35-31(29)38/h5-14,17-18,34H,2-4,15-16,19H2,1H3,(H,32,33)(H,35,38)/b30-29-. The number of nitrogens with zero attached hydrogens (tertiary/aromatic N) is 3. The molecule has 0 unspecified atom stereocenters. The molecule has 40 heavy (non-hydrogen) atoms. The number of anilines is 2. The monoisotopic (exact) mass is 534 g/mol. The van der Waals surface area contributed by atoms with E-state index in [1.54, 1.807) is 6.07 Å². The quantitative estimate of drug-likeness (QED) is 0.147. The van der Waals surface area contributed by atoms with Gasteiger partial charge in [0.05, 0.1) is 21.9 Å². The number of piperidine rings is 1. The number of aromatic nitrogens is 2. The number of nitro benzene ring substituents is 1. The highest BCUT2D eigenvalue weighted by Gasteiger charge is 2.30. The van der Waals surface area contributed by atoms with Crippen LogP contribution in [0.25, 0.3) is 22.5 Å². The van der Waals surface area contributed by atoms with E-state index in [0.29, 0.717) is 22.5 Å². The van der Waals surface area contributed by atoms with Crippen molar-refractivity contribution in [1.82, 2.24) is 14.9 Å². The first-order valence-corrected chi connectivity index (χ1v) is 13.5. The van der Waals surface area contributed by atoms with Crippen molar-refractivity contribution in [2.24, 2.45) is 0 Å². The average molecular weight is 535 g/mol. The fourth-order valence-electron chi connectivity index (χ4n) is 5.38. The number of H-pyrrole nitrogens is 1. The maximum absolute atomic E-state index is 13.3. The third kappa shape index (κ3) is 5.23. The number of amides is 1. The van der Waals surface area contributed by atoms with Crippen molar-refractivity contribution >= 4 is 34.2 Å². The summed E-state index contributed by atoms with van der Waals surface area (Å²) in [5, 5.41) is 17.9. The van der Waals surface area contributed by atoms with Crippen LogP contribution in [0.3, 0.4) is 0 Å². The molecule has 1 saturated heterocycles. The second-order valence-corrected chi connectivity index (χ2v) is 10.3. The van der Waals surface area contributed by atoms with Crippen LogP contribution < -0.4 is 10.6 Å². The van der Waals surface area contributed by atoms with Gasteiger partial charge in [0, 0.05) is 47.4 Å². The number of hydrogen-bond acceptors (Lipinski definition) is 6. The Morgan fingerprint density at radius 2 is 1.77 bits per heavy atom. The van der Waals surface area contributed by atoms with Crippen LogP contribution in [-0.2, 0) is 11.3 Å². The Kier molecular flexibility index (Phi) is 6.88. The lowest BCUT2D eigenvalue weighted by Crippen LogP contribution is -2.29. The van der Waals surface area contributed by atoms with E-state index in [2.05, 4.69) is 37.6 Å². The SMILES string of the molecule is Cc1nc(-c2ccc(N/C(=C3\C(=O)Nc4ccc([N+](=O)[O-])cc43)c3ccc(CN4CCCCC4)cc3)cc2)c[nH]1. The molecular weight excluding hydrogens is 504 g/mol. The Morgan fingerprint density at radius 3 is 2.45 bits per heavy atom. The van der Waals surface area contributed by atoms with Crippen LogP contribution in [0.2, 0.25) is 0 Å². The summed E-state index contributed by atoms with van der Waals surface area (Å²) >= 11 is 0. The van der Waals surface area contributed by atoms with Gasteiger partial charge >= 0.3 is 0 Å². The van der Waals surface area contributed by atoms with Crippen LogP contribution in [0.5, 0.6) is 0 Å². The Balaban J connectivity index is 1.38. The predicted molar refractivity (Wildman–Crippen MR) is 156 cm³/mol. The topological polar surface area (TPSA) is 116 Å². The summed E-state index contributed by atoms with van der Waals surface area (Å²) in [6.45, 7) is 5.03. The van der Waals surface area contributed by atoms with Crippen LogP contribution in [0.15, 0.2) is 72.9 Å². The second-order valence-electron chi connectivity index (χ2n) is 10.3. The van der Waals surface area contributed by atoms with Crippen LogP contribution >= 0.6 is 0 Å². The summed E-state index contributed by atoms with van der Waals surface area (Å²) < 4.78 is 0. The van der Waals surface area contributed by atoms with Crippen LogP contribution in [0, 0.1) is 17.0 Å². The number of nitrogens with one attached hydrogen (secondary N) is 3. The van der Waals surface area contributed by atoms with Gasteiger partial charge in [-0.2, -0.15) is 0 Å². The fourth-order valence-corrected chi connectivity index (χ4v) is 5.38. The molecule has 9 nitrogen and oxygen atoms in total. The number of hydrogen-bond donors (Lipinski definition) is 3. The number of benzene rings is 3. The molecule has 0 aliphatic carbocycles. The Hall–Kier alpha value is -4.76. The minimum absolute atomic E-state index is 0.0670. The van der Waals surface area contributed by atoms with E-state index in [1.807, 2.05) is 49.5 Å². The molecule has 4 aromatic rings. The molecule has 9 heteroatoms. The molecule has 0 atom stereocenters. The van der Waals surface area contributed by atoms with Crippen molar-refractivity contribution in [1.29, 1.82) is 0 Å². The summed E-state index contributed by atoms with van der Waals surface area (Å²) in [7, 11) is 0. The number of fused-ring (bicyclic) bond motifs is 1. The lowest BCUT2D eigenvalue weighted by atomic mass is 9.98. The minimum Gasteiger partial charge on any atom is -0.354 e. The molecule has 3 N–H and O–H groups in total. The molecule has 2 aliphatic rings. The number of aryl methyl sites for hydroxylation is 1. The molecule has 0 bridgehead atoms. The number of nitro groups is 1. The van der Waals surface area contributed by atoms with Gasteiger partial charge in [-0.25, -0.2) is 4.98 Å². The first-order valence-electron chi connectivity index (χ1n) is 13.5. The van der Waals surface area contributed by atoms with Crippen LogP contribution in [-0.4, -0.2) is 38.8 Å². The van der Waals surface area contributed by atoms with Gasteiger partial charge in [-0.05, 0) is 62.2 Å². The lowest BCUT2D eigenvalue weighted by Gasteiger charge is -2.26. The molecule has 1 fully saturated rings. The third-order valence-corrected chi connectivity index (χ3v) is 7.46. The van der Waals surface area contributed by atoms with Gasteiger partial charge in [0.2, 0.25) is 0 Å². The van der Waals surface area contributed by atoms with E-state index in [1.165, 1.54) is 37.0 Å². The second kappa shape index (κ2) is 10.8. The van der Waals surface area contributed by atoms with Gasteiger partial charge in [-0.3, -0.25) is 19.8 Å². The van der Waals surface area contributed by atoms with Gasteiger partial charge < -0.3 is 15.6 Å². The number of carbonyl (C=O) groups excluding carboxylic acids is 1. The summed E-state index contributed by atoms with van der Waals surface area (Å²) in [6, 6.07) is 20.5. The van der Waals surface area contributed by atoms with Crippen molar-refractivity contribution in [3.63, 3.8) is 0 Å². The van der Waals surface area contributed by atoms with Gasteiger partial charge in [0.1, 0.15) is 5.82 Å². The first-order chi connectivity index (χ1) is 19.4. The van der Waals surface area contributed by atoms with E-state index in [0.717, 1.165) is 48.0 Å². The smallest absolute Gasteiger partial charge is 0.270 e. The predicted octanol–water partition coefficient (Wildman–Crippen LogP) is 6.21. The van der Waals surface area contributed by atoms with E-state index in [4.69, 9.17) is 0 Å². The molecule has 0 saturated carbocycles. The van der Waals surface area contributed by atoms with Gasteiger partial charge in [0.25, 0.3) is 11.6 Å². The summed E-state index contributed by atoms with van der Waals surface area (Å²) in [6.07, 6.45) is 5.63. The van der Waals surface area contributed by atoms with Gasteiger partial charge in [-0.1, -0.05) is 42.8 Å². The van der Waals surface area contributed by atoms with E-state index < -0.39 is 4.92 Å². The highest BCUT2D eigenvalue weighted by atomic mass is 16.6. The number of carbonyl (C=O) groups is 1. The molecule has 2 aliphatic heterocycles. The molecule has 6 rings (SSSR count). The fraction of sp³-hybridized carbons (Fsp3) is 0.226. The zero-order valence-corrected chi connectivity index (χ0v) is 22.2. The maximum Gasteiger partial charge on any atom is 0.270 e. The minimum atomic E-state index is -0.446. The largest absolute Gasteiger partial charge is 0.354 e. The average Bonchev–Trinajstić information content (AvgIpc) is 3.55. The van der Waals surface area contributed by atoms with E-state index in [-0.39, 0.29) is 11.6 Å². The molecule has 1 aromatic heterocycles. The van der Waals surface area contributed by atoms with Crippen molar-refractivity contribution in [3.05, 3.63) is 106 Å². The number of imidazole rings is 1. The summed E-state index contributed by atoms with van der Waals surface area (Å²) in [5.74, 6) is 0.534. The molecular formula is C31H30N6O3. The Labute approximate surface area is 232 Å². The molecule has 0 spiro atoms. The summed E-state index contributed by atoms with van der Waals surface area (Å²) in [4.78, 5) is 34.4. The molecule has 3 aromatic carbocycles. The zero-order chi connectivity index (χ0) is 27.6. The highest BCUT2D eigenvalue weighted by Crippen LogP contribution is 2.39. The number of likely N-dealkylation sites (tertiary alicyclic amines) is 1. The summed E-state index contributed by atoms with van der Waals surface area (Å²) in [5.41, 5.74) is 6.57. The number of rotatable bonds is 7. The van der Waals surface area contributed by atoms with Crippen molar-refractivity contribution < 1.29 is 9.72 Å². The van der Waals surface area contributed by atoms with Crippen LogP contribution in [0.1, 0.15) is 41.8 Å². The van der Waals surface area contributed by atoms with Gasteiger partial charge in [0.15, 0.2) is 0 Å². The molecule has 1 amide bonds. The van der Waals surface area contributed by atoms with E-state index in [9.17, 15) is 14.9 Å². The Morgan fingerprint density at radius 1 is 1.02 bits per heavy atom. The van der Waals surface area contributed by atoms with Crippen molar-refractivity contribution in [3.8, 4) is 11.3 Å². The van der Waals surface area contributed by atoms with Gasteiger partial charge in [-0.15, -0.1) is 0 Å². The van der Waals surface area contributed by atoms with Crippen LogP contribution in [0.4, 0.5) is 17.1 Å². The molecule has 3 heterocycles. The van der Waals surface area contributed by atoms with E-state index >= 15 is 0 Å². The Bertz CT molecular complexity index is 1600. The molecule has 202 valence electrons. The van der Waals surface area contributed by atoms with Crippen molar-refractivity contribution in [2.75, 3.05) is 23.7 Å². The number of non-ortho nitro benzene ring substituents is 1. The third-order valence-electron chi connectivity index (χ3n) is 7.46. The zero-order valence-electron chi connectivity index (χ0n) is 22.2. The number of aromatic amines is 1. The highest BCUT2D eigenvalue weighted by molar-refractivity contribution is 6.37. The normalized spacial score (nSPS) is 16.4. The molecule has 0 radical (unpaired) electrons. The maximum atomic E-state index is 13.3. The van der Waals surface area contributed by atoms with Crippen molar-refractivity contribution in [2.45, 2.75) is 32.7 Å². The first kappa shape index (κ1) is 25.5.